The van der Waals surface area contributed by atoms with Crippen molar-refractivity contribution < 1.29 is 34.2 Å². The highest BCUT2D eigenvalue weighted by Gasteiger charge is 2.10. The first-order chi connectivity index (χ1) is 11.4. The molecule has 9 nitrogen and oxygen atoms in total. The molecule has 1 amide bonds. The predicted molar refractivity (Wildman–Crippen MR) is 81.1 cm³/mol. The standard InChI is InChI=1S/C11H8N2O3.C4H6O4/c14-10-7-6-9(12-10)13-16-11(15)8-4-2-1-3-5-8;5-3(6)1-2-4(7)8/h1-7H,(H,12,13,14);1-2H2,(H,5,6)(H,7,8). The minimum absolute atomic E-state index is 0.217. The molecule has 0 unspecified atom stereocenters. The van der Waals surface area contributed by atoms with Gasteiger partial charge in [-0.15, -0.1) is 0 Å². The van der Waals surface area contributed by atoms with Gasteiger partial charge in [0.25, 0.3) is 0 Å². The van der Waals surface area contributed by atoms with Crippen molar-refractivity contribution in [1.29, 1.82) is 0 Å². The van der Waals surface area contributed by atoms with E-state index in [1.807, 2.05) is 0 Å². The molecule has 0 saturated carbocycles. The van der Waals surface area contributed by atoms with Crippen LogP contribution in [0.1, 0.15) is 23.2 Å². The van der Waals surface area contributed by atoms with E-state index in [4.69, 9.17) is 10.2 Å². The molecule has 24 heavy (non-hydrogen) atoms. The second kappa shape index (κ2) is 9.51. The molecule has 0 saturated heterocycles. The molecule has 0 atom stereocenters. The molecule has 1 aromatic carbocycles. The molecule has 2 rings (SSSR count). The molecule has 0 radical (unpaired) electrons. The number of carboxylic acid groups (broad SMARTS) is 2. The van der Waals surface area contributed by atoms with Crippen molar-refractivity contribution in [2.24, 2.45) is 5.16 Å². The number of carboxylic acids is 2. The maximum Gasteiger partial charge on any atom is 0.365 e. The molecule has 0 bridgehead atoms. The first-order valence-electron chi connectivity index (χ1n) is 6.65. The SMILES string of the molecule is O=C(O)CCC(=O)O.O=C1C=CC(=NOC(=O)c2ccccc2)N1. The maximum absolute atomic E-state index is 11.4. The Bertz CT molecular complexity index is 666. The van der Waals surface area contributed by atoms with E-state index in [0.717, 1.165) is 0 Å². The zero-order valence-electron chi connectivity index (χ0n) is 12.3. The van der Waals surface area contributed by atoms with Crippen LogP contribution >= 0.6 is 0 Å². The summed E-state index contributed by atoms with van der Waals surface area (Å²) in [6.07, 6.45) is 2.14. The summed E-state index contributed by atoms with van der Waals surface area (Å²) in [5.41, 5.74) is 0.403. The summed E-state index contributed by atoms with van der Waals surface area (Å²) in [5.74, 6) is -2.79. The van der Waals surface area contributed by atoms with Crippen LogP contribution in [0.2, 0.25) is 0 Å². The third-order valence-corrected chi connectivity index (χ3v) is 2.43. The van der Waals surface area contributed by atoms with E-state index in [-0.39, 0.29) is 24.6 Å². The Morgan fingerprint density at radius 1 is 1.00 bits per heavy atom. The number of hydrogen-bond donors (Lipinski definition) is 3. The highest BCUT2D eigenvalue weighted by molar-refractivity contribution is 6.15. The summed E-state index contributed by atoms with van der Waals surface area (Å²) in [6, 6.07) is 8.47. The molecule has 0 aromatic heterocycles. The molecule has 1 aliphatic heterocycles. The second-order valence-electron chi connectivity index (χ2n) is 4.33. The Hall–Kier alpha value is -3.49. The van der Waals surface area contributed by atoms with E-state index in [2.05, 4.69) is 15.3 Å². The van der Waals surface area contributed by atoms with Crippen LogP contribution in [0.4, 0.5) is 0 Å². The summed E-state index contributed by atoms with van der Waals surface area (Å²) < 4.78 is 0. The molecular weight excluding hydrogens is 320 g/mol. The lowest BCUT2D eigenvalue weighted by atomic mass is 10.2. The van der Waals surface area contributed by atoms with Gasteiger partial charge in [-0.25, -0.2) is 4.79 Å². The number of amidine groups is 1. The first-order valence-corrected chi connectivity index (χ1v) is 6.65. The van der Waals surface area contributed by atoms with E-state index in [0.29, 0.717) is 5.56 Å². The third-order valence-electron chi connectivity index (χ3n) is 2.43. The van der Waals surface area contributed by atoms with Gasteiger partial charge in [0.2, 0.25) is 5.91 Å². The smallest absolute Gasteiger partial charge is 0.365 e. The van der Waals surface area contributed by atoms with Gasteiger partial charge in [-0.1, -0.05) is 23.4 Å². The lowest BCUT2D eigenvalue weighted by Crippen LogP contribution is -2.21. The molecule has 126 valence electrons. The summed E-state index contributed by atoms with van der Waals surface area (Å²) in [6.45, 7) is 0. The lowest BCUT2D eigenvalue weighted by Gasteiger charge is -1.98. The van der Waals surface area contributed by atoms with Crippen LogP contribution in [0.25, 0.3) is 0 Å². The maximum atomic E-state index is 11.4. The van der Waals surface area contributed by atoms with Gasteiger partial charge in [0.05, 0.1) is 18.4 Å². The average Bonchev–Trinajstić information content (AvgIpc) is 2.97. The van der Waals surface area contributed by atoms with E-state index in [1.54, 1.807) is 30.3 Å². The molecule has 3 N–H and O–H groups in total. The Morgan fingerprint density at radius 2 is 1.58 bits per heavy atom. The summed E-state index contributed by atoms with van der Waals surface area (Å²) >= 11 is 0. The van der Waals surface area contributed by atoms with Crippen LogP contribution in [0.5, 0.6) is 0 Å². The van der Waals surface area contributed by atoms with E-state index in [1.165, 1.54) is 12.2 Å². The minimum Gasteiger partial charge on any atom is -0.481 e. The number of carbonyl (C=O) groups is 4. The number of aliphatic carboxylic acids is 2. The van der Waals surface area contributed by atoms with Crippen LogP contribution < -0.4 is 5.32 Å². The molecular formula is C15H14N2O7. The van der Waals surface area contributed by atoms with Crippen molar-refractivity contribution in [1.82, 2.24) is 5.32 Å². The quantitative estimate of drug-likeness (QED) is 0.533. The largest absolute Gasteiger partial charge is 0.481 e. The molecule has 1 aromatic rings. The van der Waals surface area contributed by atoms with Crippen LogP contribution in [0, 0.1) is 0 Å². The Morgan fingerprint density at radius 3 is 2.04 bits per heavy atom. The van der Waals surface area contributed by atoms with Gasteiger partial charge in [0, 0.05) is 6.08 Å². The van der Waals surface area contributed by atoms with Gasteiger partial charge < -0.3 is 20.4 Å². The van der Waals surface area contributed by atoms with Crippen LogP contribution in [0.3, 0.4) is 0 Å². The summed E-state index contributed by atoms with van der Waals surface area (Å²) in [4.78, 5) is 46.1. The number of benzene rings is 1. The van der Waals surface area contributed by atoms with Crippen molar-refractivity contribution in [3.8, 4) is 0 Å². The highest BCUT2D eigenvalue weighted by Crippen LogP contribution is 2.01. The number of nitrogens with one attached hydrogen (secondary N) is 1. The Labute approximate surface area is 136 Å². The number of oxime groups is 1. The fraction of sp³-hybridized carbons (Fsp3) is 0.133. The topological polar surface area (TPSA) is 142 Å². The van der Waals surface area contributed by atoms with Crippen molar-refractivity contribution in [3.05, 3.63) is 48.0 Å². The van der Waals surface area contributed by atoms with Crippen molar-refractivity contribution in [2.45, 2.75) is 12.8 Å². The fourth-order valence-corrected chi connectivity index (χ4v) is 1.35. The Kier molecular flexibility index (Phi) is 7.36. The molecule has 0 spiro atoms. The number of hydrogen-bond acceptors (Lipinski definition) is 6. The minimum atomic E-state index is -1.08. The lowest BCUT2D eigenvalue weighted by molar-refractivity contribution is -0.143. The molecule has 1 aliphatic rings. The third kappa shape index (κ3) is 7.50. The monoisotopic (exact) mass is 334 g/mol. The van der Waals surface area contributed by atoms with E-state index < -0.39 is 17.9 Å². The zero-order valence-corrected chi connectivity index (χ0v) is 12.3. The zero-order chi connectivity index (χ0) is 17.9. The highest BCUT2D eigenvalue weighted by atomic mass is 16.7. The van der Waals surface area contributed by atoms with E-state index >= 15 is 0 Å². The van der Waals surface area contributed by atoms with Gasteiger partial charge in [-0.05, 0) is 18.2 Å². The Balaban J connectivity index is 0.000000307. The number of amides is 1. The summed E-state index contributed by atoms with van der Waals surface area (Å²) in [5, 5.41) is 21.7. The molecule has 0 fully saturated rings. The van der Waals surface area contributed by atoms with Gasteiger partial charge in [-0.3, -0.25) is 14.4 Å². The normalized spacial score (nSPS) is 13.7. The van der Waals surface area contributed by atoms with Gasteiger partial charge in [0.1, 0.15) is 0 Å². The van der Waals surface area contributed by atoms with Crippen LogP contribution in [0.15, 0.2) is 47.6 Å². The van der Waals surface area contributed by atoms with Gasteiger partial charge >= 0.3 is 17.9 Å². The molecule has 1 heterocycles. The average molecular weight is 334 g/mol. The molecule has 0 aliphatic carbocycles. The summed E-state index contributed by atoms with van der Waals surface area (Å²) in [7, 11) is 0. The van der Waals surface area contributed by atoms with Gasteiger partial charge in [0.15, 0.2) is 5.84 Å². The van der Waals surface area contributed by atoms with Crippen molar-refractivity contribution in [3.63, 3.8) is 0 Å². The number of carbonyl (C=O) groups excluding carboxylic acids is 2. The number of rotatable bonds is 5. The van der Waals surface area contributed by atoms with Crippen molar-refractivity contribution in [2.75, 3.05) is 0 Å². The van der Waals surface area contributed by atoms with Crippen molar-refractivity contribution >= 4 is 29.7 Å². The predicted octanol–water partition coefficient (Wildman–Crippen LogP) is 0.779. The van der Waals surface area contributed by atoms with Crippen LogP contribution in [-0.2, 0) is 19.2 Å². The number of nitrogens with zero attached hydrogens (tertiary/aromatic N) is 1. The van der Waals surface area contributed by atoms with Gasteiger partial charge in [-0.2, -0.15) is 0 Å². The fourth-order valence-electron chi connectivity index (χ4n) is 1.35. The van der Waals surface area contributed by atoms with E-state index in [9.17, 15) is 19.2 Å². The second-order valence-corrected chi connectivity index (χ2v) is 4.33. The first kappa shape index (κ1) is 18.6. The molecule has 9 heteroatoms. The van der Waals surface area contributed by atoms with Crippen LogP contribution in [-0.4, -0.2) is 39.9 Å².